The molecular weight excluding hydrogens is 1570 g/mol. The standard InChI is InChI=1S/C16H13NO2.C15H8ClF3N2O2.C15H11FN2O2.3C15H10FNO2/c1-11-10-17(15-5-3-2-4-14(11)15)13-8-6-12(7-9-13)16(18)19;16-11-6-10(15(17,18)19)7-20-13(11)21-4-3-8-5-9(14(22)23)1-2-12(8)21;1-9-6-13(14(16)17-8-9)18-5-4-10-7-11(15(19)20)2-3-12(10)18;16-10-4-3-5-11(8-10)17-9-13(15(18)19)12-6-1-2-7-14(12)17;16-10-4-6-11(7-5-10)17-9-8-12-13(15(18)19)2-1-3-14(12)17;16-10-5-7-11(8-6-10)17-9-13(15(18)19)12-3-1-2-4-14(12)17/h2-10H,1H3,(H,18,19);1-7H,(H,22,23);2-8H,1H3,(H,19,20);3*1-9H,(H,18,19). The van der Waals surface area contributed by atoms with Gasteiger partial charge in [-0.2, -0.15) is 17.6 Å². The Bertz CT molecular complexity index is 6920. The number of fused-ring (bicyclic) bond motifs is 6. The van der Waals surface area contributed by atoms with Crippen molar-refractivity contribution in [2.75, 3.05) is 0 Å². The Labute approximate surface area is 674 Å². The summed E-state index contributed by atoms with van der Waals surface area (Å²) < 4.78 is 101. The quantitative estimate of drug-likeness (QED) is 0.0490. The summed E-state index contributed by atoms with van der Waals surface area (Å²) in [6, 6.07) is 69.5. The van der Waals surface area contributed by atoms with Crippen LogP contribution in [0.25, 0.3) is 99.7 Å². The molecule has 0 fully saturated rings. The summed E-state index contributed by atoms with van der Waals surface area (Å²) in [5.41, 5.74) is 10.6. The van der Waals surface area contributed by atoms with Crippen LogP contribution < -0.4 is 0 Å². The van der Waals surface area contributed by atoms with E-state index in [4.69, 9.17) is 32.0 Å². The van der Waals surface area contributed by atoms with Crippen LogP contribution in [-0.4, -0.2) is 104 Å². The minimum absolute atomic E-state index is 0.113. The number of carboxylic acid groups (broad SMARTS) is 6. The molecule has 119 heavy (non-hydrogen) atoms. The predicted octanol–water partition coefficient (Wildman–Crippen LogP) is 21.6. The van der Waals surface area contributed by atoms with Crippen molar-refractivity contribution in [3.63, 3.8) is 0 Å². The van der Waals surface area contributed by atoms with Gasteiger partial charge in [0.05, 0.1) is 77.1 Å². The lowest BCUT2D eigenvalue weighted by Gasteiger charge is -2.10. The Morgan fingerprint density at radius 3 is 1.29 bits per heavy atom. The molecule has 6 N–H and O–H groups in total. The maximum atomic E-state index is 13.8. The van der Waals surface area contributed by atoms with E-state index < -0.39 is 53.5 Å². The second kappa shape index (κ2) is 34.6. The first kappa shape index (κ1) is 81.4. The van der Waals surface area contributed by atoms with E-state index in [0.29, 0.717) is 50.2 Å². The molecule has 594 valence electrons. The number of halogens is 8. The third-order valence-electron chi connectivity index (χ3n) is 18.9. The van der Waals surface area contributed by atoms with Gasteiger partial charge < -0.3 is 53.5 Å². The molecule has 20 nitrogen and oxygen atoms in total. The highest BCUT2D eigenvalue weighted by Crippen LogP contribution is 2.35. The van der Waals surface area contributed by atoms with E-state index in [9.17, 15) is 69.7 Å². The maximum absolute atomic E-state index is 13.8. The number of rotatable bonds is 12. The van der Waals surface area contributed by atoms with Gasteiger partial charge in [0.15, 0.2) is 5.82 Å². The average Bonchev–Trinajstić information content (AvgIpc) is 1.66. The van der Waals surface area contributed by atoms with E-state index >= 15 is 0 Å². The van der Waals surface area contributed by atoms with Crippen molar-refractivity contribution in [1.82, 2.24) is 37.4 Å². The minimum atomic E-state index is -4.52. The number of carboxylic acids is 6. The average molecular weight is 1630 g/mol. The van der Waals surface area contributed by atoms with Gasteiger partial charge in [-0.25, -0.2) is 51.9 Å². The van der Waals surface area contributed by atoms with Crippen molar-refractivity contribution < 1.29 is 90.1 Å². The molecule has 0 spiro atoms. The van der Waals surface area contributed by atoms with Gasteiger partial charge in [0.25, 0.3) is 0 Å². The van der Waals surface area contributed by atoms with Crippen LogP contribution in [0, 0.1) is 37.2 Å². The number of aromatic nitrogens is 8. The molecule has 8 heterocycles. The van der Waals surface area contributed by atoms with Crippen molar-refractivity contribution in [2.24, 2.45) is 0 Å². The number of nitrogens with zero attached hydrogens (tertiary/aromatic N) is 8. The van der Waals surface area contributed by atoms with Crippen LogP contribution in [0.4, 0.5) is 30.7 Å². The first-order valence-electron chi connectivity index (χ1n) is 35.7. The number of aryl methyl sites for hydroxylation is 2. The second-order valence-corrected chi connectivity index (χ2v) is 27.0. The van der Waals surface area contributed by atoms with Gasteiger partial charge in [0, 0.05) is 105 Å². The number of para-hydroxylation sites is 3. The maximum Gasteiger partial charge on any atom is 0.417 e. The summed E-state index contributed by atoms with van der Waals surface area (Å²) in [6.07, 6.45) is 7.84. The zero-order valence-corrected chi connectivity index (χ0v) is 62.9. The molecule has 18 rings (SSSR count). The second-order valence-electron chi connectivity index (χ2n) is 26.6. The van der Waals surface area contributed by atoms with Crippen LogP contribution >= 0.6 is 11.6 Å². The molecular formula is C91H62ClF7N8O12. The molecule has 0 saturated carbocycles. The van der Waals surface area contributed by atoms with Crippen LogP contribution in [0.3, 0.4) is 0 Å². The number of carbonyl (C=O) groups is 6. The van der Waals surface area contributed by atoms with Gasteiger partial charge in [-0.15, -0.1) is 0 Å². The highest BCUT2D eigenvalue weighted by molar-refractivity contribution is 6.32. The zero-order valence-electron chi connectivity index (χ0n) is 62.1. The van der Waals surface area contributed by atoms with Crippen molar-refractivity contribution in [3.8, 4) is 34.3 Å². The van der Waals surface area contributed by atoms with E-state index in [0.717, 1.165) is 61.7 Å². The lowest BCUT2D eigenvalue weighted by Crippen LogP contribution is -2.07. The fraction of sp³-hybridized carbons (Fsp3) is 0.0330. The number of hydrogen-bond donors (Lipinski definition) is 6. The molecule has 0 saturated heterocycles. The van der Waals surface area contributed by atoms with E-state index in [1.807, 2.05) is 66.1 Å². The van der Waals surface area contributed by atoms with Gasteiger partial charge in [-0.3, -0.25) is 4.57 Å². The van der Waals surface area contributed by atoms with Gasteiger partial charge in [0.2, 0.25) is 5.95 Å². The molecule has 0 aliphatic carbocycles. The Kier molecular flexibility index (Phi) is 23.7. The van der Waals surface area contributed by atoms with Gasteiger partial charge in [-0.1, -0.05) is 78.3 Å². The van der Waals surface area contributed by atoms with Crippen molar-refractivity contribution in [2.45, 2.75) is 20.0 Å². The number of hydrogen-bond acceptors (Lipinski definition) is 8. The zero-order chi connectivity index (χ0) is 84.7. The number of benzene rings is 10. The Morgan fingerprint density at radius 2 is 0.773 bits per heavy atom. The monoisotopic (exact) mass is 1630 g/mol. The highest BCUT2D eigenvalue weighted by Gasteiger charge is 2.32. The van der Waals surface area contributed by atoms with E-state index in [1.165, 1.54) is 82.5 Å². The van der Waals surface area contributed by atoms with Crippen LogP contribution in [0.1, 0.15) is 78.8 Å². The van der Waals surface area contributed by atoms with Crippen LogP contribution in [0.15, 0.2) is 304 Å². The number of alkyl halides is 3. The van der Waals surface area contributed by atoms with Crippen molar-refractivity contribution in [3.05, 3.63) is 383 Å². The molecule has 0 unspecified atom stereocenters. The Morgan fingerprint density at radius 1 is 0.345 bits per heavy atom. The molecule has 0 aliphatic heterocycles. The molecule has 28 heteroatoms. The van der Waals surface area contributed by atoms with E-state index in [2.05, 4.69) is 39.8 Å². The normalized spacial score (nSPS) is 11.0. The molecule has 8 aromatic heterocycles. The van der Waals surface area contributed by atoms with Gasteiger partial charge in [0.1, 0.15) is 23.1 Å². The van der Waals surface area contributed by atoms with Crippen LogP contribution in [0.2, 0.25) is 5.02 Å². The molecule has 0 bridgehead atoms. The highest BCUT2D eigenvalue weighted by atomic mass is 35.5. The third-order valence-corrected chi connectivity index (χ3v) is 19.2. The van der Waals surface area contributed by atoms with Crippen molar-refractivity contribution >= 4 is 113 Å². The summed E-state index contributed by atoms with van der Waals surface area (Å²) in [6.45, 7) is 3.91. The summed E-state index contributed by atoms with van der Waals surface area (Å²) in [7, 11) is 0. The van der Waals surface area contributed by atoms with Crippen LogP contribution in [-0.2, 0) is 6.18 Å². The van der Waals surface area contributed by atoms with Crippen molar-refractivity contribution in [1.29, 1.82) is 0 Å². The molecule has 0 atom stereocenters. The minimum Gasteiger partial charge on any atom is -0.478 e. The largest absolute Gasteiger partial charge is 0.478 e. The number of pyridine rings is 2. The Balaban J connectivity index is 0.000000124. The SMILES string of the molecule is Cc1cn(-c2ccc(C(=O)O)cc2)c2ccccc12.Cc1cnc(F)c(-n2ccc3cc(C(=O)O)ccc32)c1.O=C(O)c1ccc2c(ccn2-c2ncc(C(F)(F)F)cc2Cl)c1.O=C(O)c1cccc2c1ccn2-c1ccc(F)cc1.O=C(O)c1cn(-c2ccc(F)cc2)c2ccccc12.O=C(O)c1cn(-c2cccc(F)c2)c2ccccc12. The van der Waals surface area contributed by atoms with E-state index in [1.54, 1.807) is 166 Å². The summed E-state index contributed by atoms with van der Waals surface area (Å²) >= 11 is 5.93. The summed E-state index contributed by atoms with van der Waals surface area (Å²) in [5.74, 6) is -7.27. The fourth-order valence-corrected chi connectivity index (χ4v) is 13.5. The molecule has 0 radical (unpaired) electrons. The van der Waals surface area contributed by atoms with Crippen LogP contribution in [0.5, 0.6) is 0 Å². The smallest absolute Gasteiger partial charge is 0.417 e. The molecule has 18 aromatic rings. The van der Waals surface area contributed by atoms with E-state index in [-0.39, 0.29) is 56.1 Å². The molecule has 0 aliphatic rings. The first-order valence-corrected chi connectivity index (χ1v) is 36.1. The summed E-state index contributed by atoms with van der Waals surface area (Å²) in [4.78, 5) is 73.9. The number of aromatic carboxylic acids is 6. The fourth-order valence-electron chi connectivity index (χ4n) is 13.3. The molecule has 10 aromatic carbocycles. The lowest BCUT2D eigenvalue weighted by molar-refractivity contribution is -0.137. The third kappa shape index (κ3) is 17.8. The first-order chi connectivity index (χ1) is 57.0. The predicted molar refractivity (Wildman–Crippen MR) is 436 cm³/mol. The topological polar surface area (TPSA) is 279 Å². The lowest BCUT2D eigenvalue weighted by atomic mass is 10.1. The molecule has 0 amide bonds. The summed E-state index contributed by atoms with van der Waals surface area (Å²) in [5, 5.41) is 58.8. The van der Waals surface area contributed by atoms with Gasteiger partial charge >= 0.3 is 42.0 Å². The van der Waals surface area contributed by atoms with Gasteiger partial charge in [-0.05, 0) is 213 Å². The Hall–Kier alpha value is -15.6.